The van der Waals surface area contributed by atoms with E-state index in [0.29, 0.717) is 5.41 Å². The summed E-state index contributed by atoms with van der Waals surface area (Å²) in [5.41, 5.74) is 1.34. The van der Waals surface area contributed by atoms with Gasteiger partial charge in [-0.05, 0) is 30.1 Å². The third-order valence-corrected chi connectivity index (χ3v) is 3.39. The van der Waals surface area contributed by atoms with E-state index in [1.54, 1.807) is 0 Å². The van der Waals surface area contributed by atoms with Crippen molar-refractivity contribution in [3.63, 3.8) is 0 Å². The van der Waals surface area contributed by atoms with Gasteiger partial charge >= 0.3 is 0 Å². The highest BCUT2D eigenvalue weighted by Crippen LogP contribution is 2.54. The summed E-state index contributed by atoms with van der Waals surface area (Å²) in [5, 5.41) is 0. The van der Waals surface area contributed by atoms with Gasteiger partial charge in [-0.2, -0.15) is 0 Å². The Morgan fingerprint density at radius 3 is 2.67 bits per heavy atom. The Labute approximate surface area is 76.1 Å². The van der Waals surface area contributed by atoms with E-state index in [-0.39, 0.29) is 0 Å². The van der Waals surface area contributed by atoms with E-state index in [9.17, 15) is 0 Å². The van der Waals surface area contributed by atoms with Crippen molar-refractivity contribution in [3.05, 3.63) is 23.7 Å². The molecule has 0 aromatic heterocycles. The van der Waals surface area contributed by atoms with Crippen molar-refractivity contribution in [2.24, 2.45) is 17.3 Å². The summed E-state index contributed by atoms with van der Waals surface area (Å²) in [5.74, 6) is 1.82. The molecule has 62 valence electrons. The smallest absolute Gasteiger partial charge is 0.101 e. The van der Waals surface area contributed by atoms with Crippen molar-refractivity contribution in [2.45, 2.75) is 26.7 Å². The van der Waals surface area contributed by atoms with Crippen LogP contribution in [0.3, 0.4) is 0 Å². The van der Waals surface area contributed by atoms with E-state index in [0.717, 1.165) is 23.7 Å². The van der Waals surface area contributed by atoms with Crippen molar-refractivity contribution in [1.29, 1.82) is 0 Å². The van der Waals surface area contributed by atoms with Crippen molar-refractivity contribution >= 4 is 7.85 Å². The highest BCUT2D eigenvalue weighted by atomic mass is 14.5. The molecule has 0 saturated heterocycles. The molecule has 0 aliphatic heterocycles. The lowest BCUT2D eigenvalue weighted by Crippen LogP contribution is -2.18. The van der Waals surface area contributed by atoms with Gasteiger partial charge in [0.15, 0.2) is 0 Å². The van der Waals surface area contributed by atoms with Gasteiger partial charge in [-0.25, -0.2) is 0 Å². The minimum Gasteiger partial charge on any atom is -0.101 e. The van der Waals surface area contributed by atoms with Gasteiger partial charge in [0, 0.05) is 0 Å². The molecular formula is C11H15B. The van der Waals surface area contributed by atoms with Crippen molar-refractivity contribution in [2.75, 3.05) is 0 Å². The zero-order chi connectivity index (χ0) is 8.77. The van der Waals surface area contributed by atoms with Crippen molar-refractivity contribution in [1.82, 2.24) is 0 Å². The maximum absolute atomic E-state index is 5.69. The maximum Gasteiger partial charge on any atom is 0.113 e. The fourth-order valence-electron chi connectivity index (χ4n) is 2.28. The average Bonchev–Trinajstić information content (AvgIpc) is 2.75. The maximum atomic E-state index is 5.69. The molecule has 1 fully saturated rings. The first-order valence-corrected chi connectivity index (χ1v) is 4.77. The number of hydrogen-bond donors (Lipinski definition) is 0. The number of rotatable bonds is 1. The van der Waals surface area contributed by atoms with Gasteiger partial charge in [-0.15, -0.1) is 5.47 Å². The van der Waals surface area contributed by atoms with E-state index >= 15 is 0 Å². The van der Waals surface area contributed by atoms with Gasteiger partial charge < -0.3 is 0 Å². The second kappa shape index (κ2) is 2.51. The van der Waals surface area contributed by atoms with Gasteiger partial charge in [-0.1, -0.05) is 32.1 Å². The van der Waals surface area contributed by atoms with E-state index in [1.807, 2.05) is 0 Å². The molecule has 0 N–H and O–H groups in total. The molecule has 1 heteroatoms. The predicted molar refractivity (Wildman–Crippen MR) is 53.0 cm³/mol. The van der Waals surface area contributed by atoms with Crippen LogP contribution in [-0.2, 0) is 0 Å². The Bertz CT molecular complexity index is 252. The van der Waals surface area contributed by atoms with Gasteiger partial charge in [0.2, 0.25) is 0 Å². The highest BCUT2D eigenvalue weighted by molar-refractivity contribution is 6.23. The molecule has 2 aliphatic carbocycles. The normalized spacial score (nSPS) is 45.7. The highest BCUT2D eigenvalue weighted by Gasteiger charge is 2.45. The van der Waals surface area contributed by atoms with Gasteiger partial charge in [-0.3, -0.25) is 0 Å². The Hall–Kier alpha value is -0.455. The first kappa shape index (κ1) is 8.16. The van der Waals surface area contributed by atoms with Crippen LogP contribution in [0.2, 0.25) is 0 Å². The zero-order valence-electron chi connectivity index (χ0n) is 7.88. The molecule has 12 heavy (non-hydrogen) atoms. The number of allylic oxidation sites excluding steroid dienone is 4. The van der Waals surface area contributed by atoms with E-state index < -0.39 is 0 Å². The largest absolute Gasteiger partial charge is 0.113 e. The Kier molecular flexibility index (Phi) is 1.71. The zero-order valence-corrected chi connectivity index (χ0v) is 7.88. The molecule has 1 saturated carbocycles. The minimum atomic E-state index is 0.405. The Balaban J connectivity index is 2.10. The lowest BCUT2D eigenvalue weighted by molar-refractivity contribution is 0.350. The molecule has 0 aromatic carbocycles. The molecule has 2 rings (SSSR count). The van der Waals surface area contributed by atoms with Crippen molar-refractivity contribution < 1.29 is 0 Å². The van der Waals surface area contributed by atoms with E-state index in [2.05, 4.69) is 32.1 Å². The van der Waals surface area contributed by atoms with Crippen LogP contribution in [0.25, 0.3) is 0 Å². The third kappa shape index (κ3) is 1.26. The molecule has 0 nitrogen and oxygen atoms in total. The molecule has 0 bridgehead atoms. The fraction of sp³-hybridized carbons (Fsp3) is 0.636. The summed E-state index contributed by atoms with van der Waals surface area (Å²) >= 11 is 0. The Morgan fingerprint density at radius 2 is 2.25 bits per heavy atom. The second-order valence-electron chi connectivity index (χ2n) is 4.57. The molecule has 3 atom stereocenters. The van der Waals surface area contributed by atoms with Crippen molar-refractivity contribution in [3.8, 4) is 0 Å². The standard InChI is InChI=1S/C11H15B/c1-8-7-10(8)11(2)5-3-9(12)4-6-11/h3-5,8,10H,6-7H2,1-2H3. The predicted octanol–water partition coefficient (Wildman–Crippen LogP) is 2.66. The van der Waals surface area contributed by atoms with Gasteiger partial charge in [0.05, 0.1) is 0 Å². The molecule has 0 amide bonds. The summed E-state index contributed by atoms with van der Waals surface area (Å²) in [4.78, 5) is 0. The van der Waals surface area contributed by atoms with E-state index in [4.69, 9.17) is 7.85 Å². The lowest BCUT2D eigenvalue weighted by atomic mass is 9.74. The summed E-state index contributed by atoms with van der Waals surface area (Å²) in [6, 6.07) is 0. The summed E-state index contributed by atoms with van der Waals surface area (Å²) < 4.78 is 0. The molecule has 2 aliphatic rings. The van der Waals surface area contributed by atoms with Crippen LogP contribution in [0.4, 0.5) is 0 Å². The first-order valence-electron chi connectivity index (χ1n) is 4.77. The molecule has 3 unspecified atom stereocenters. The third-order valence-electron chi connectivity index (χ3n) is 3.39. The number of hydrogen-bond acceptors (Lipinski definition) is 0. The van der Waals surface area contributed by atoms with Crippen LogP contribution in [0.5, 0.6) is 0 Å². The van der Waals surface area contributed by atoms with E-state index in [1.165, 1.54) is 6.42 Å². The molecule has 0 heterocycles. The summed E-state index contributed by atoms with van der Waals surface area (Å²) in [6.07, 6.45) is 9.05. The minimum absolute atomic E-state index is 0.405. The molecule has 0 aromatic rings. The SMILES string of the molecule is [B]C1=CCC(C)(C2CC2C)C=C1. The molecule has 0 spiro atoms. The molecular weight excluding hydrogens is 143 g/mol. The monoisotopic (exact) mass is 158 g/mol. The van der Waals surface area contributed by atoms with Gasteiger partial charge in [0.25, 0.3) is 0 Å². The second-order valence-corrected chi connectivity index (χ2v) is 4.57. The topological polar surface area (TPSA) is 0 Å². The van der Waals surface area contributed by atoms with Crippen LogP contribution in [0.15, 0.2) is 23.7 Å². The van der Waals surface area contributed by atoms with Crippen LogP contribution < -0.4 is 0 Å². The van der Waals surface area contributed by atoms with Gasteiger partial charge in [0.1, 0.15) is 7.85 Å². The van der Waals surface area contributed by atoms with Crippen LogP contribution in [0.1, 0.15) is 26.7 Å². The average molecular weight is 158 g/mol. The fourth-order valence-corrected chi connectivity index (χ4v) is 2.28. The van der Waals surface area contributed by atoms with Crippen LogP contribution in [0, 0.1) is 17.3 Å². The molecule has 2 radical (unpaired) electrons. The summed E-state index contributed by atoms with van der Waals surface area (Å²) in [6.45, 7) is 4.69. The first-order chi connectivity index (χ1) is 5.62. The summed E-state index contributed by atoms with van der Waals surface area (Å²) in [7, 11) is 5.69. The van der Waals surface area contributed by atoms with Crippen LogP contribution in [-0.4, -0.2) is 7.85 Å². The quantitative estimate of drug-likeness (QED) is 0.514. The van der Waals surface area contributed by atoms with Crippen LogP contribution >= 0.6 is 0 Å². The lowest BCUT2D eigenvalue weighted by Gasteiger charge is -2.28. The Morgan fingerprint density at radius 1 is 1.58 bits per heavy atom.